The fourth-order valence-corrected chi connectivity index (χ4v) is 5.17. The first kappa shape index (κ1) is 21.2. The van der Waals surface area contributed by atoms with Crippen LogP contribution in [0.15, 0.2) is 40.3 Å². The lowest BCUT2D eigenvalue weighted by molar-refractivity contribution is 0.122. The minimum Gasteiger partial charge on any atom is -0.378 e. The van der Waals surface area contributed by atoms with E-state index in [2.05, 4.69) is 36.4 Å². The molecular weight excluding hydrogens is 434 g/mol. The van der Waals surface area contributed by atoms with Crippen LogP contribution >= 0.6 is 11.3 Å². The third kappa shape index (κ3) is 4.85. The molecule has 3 aromatic rings. The second kappa shape index (κ2) is 9.01. The Hall–Kier alpha value is -3.00. The van der Waals surface area contributed by atoms with Crippen LogP contribution < -0.4 is 9.62 Å². The van der Waals surface area contributed by atoms with Gasteiger partial charge in [0.05, 0.1) is 35.9 Å². The summed E-state index contributed by atoms with van der Waals surface area (Å²) in [5.74, 6) is 7.03. The molecule has 4 rings (SSSR count). The van der Waals surface area contributed by atoms with Gasteiger partial charge in [-0.3, -0.25) is 9.71 Å². The van der Waals surface area contributed by atoms with Crippen LogP contribution in [0.5, 0.6) is 0 Å². The number of thiophene rings is 1. The number of hydrogen-bond donors (Lipinski definition) is 1. The number of anilines is 2. The molecule has 0 amide bonds. The highest BCUT2D eigenvalue weighted by Crippen LogP contribution is 2.23. The van der Waals surface area contributed by atoms with Crippen LogP contribution in [0, 0.1) is 25.7 Å². The molecular formula is C21H21N5O3S2. The molecule has 10 heteroatoms. The van der Waals surface area contributed by atoms with E-state index in [1.54, 1.807) is 36.7 Å². The summed E-state index contributed by atoms with van der Waals surface area (Å²) >= 11 is 1.16. The number of morpholine rings is 1. The largest absolute Gasteiger partial charge is 0.378 e. The fourth-order valence-electron chi connectivity index (χ4n) is 3.07. The quantitative estimate of drug-likeness (QED) is 0.604. The van der Waals surface area contributed by atoms with E-state index < -0.39 is 10.0 Å². The number of aryl methyl sites for hydroxylation is 2. The molecule has 0 atom stereocenters. The van der Waals surface area contributed by atoms with Crippen LogP contribution in [-0.2, 0) is 14.8 Å². The summed E-state index contributed by atoms with van der Waals surface area (Å²) in [6.07, 6.45) is 3.16. The van der Waals surface area contributed by atoms with Gasteiger partial charge in [-0.15, -0.1) is 11.3 Å². The predicted octanol–water partition coefficient (Wildman–Crippen LogP) is 2.59. The number of sulfonamides is 1. The van der Waals surface area contributed by atoms with E-state index in [1.165, 1.54) is 6.33 Å². The topological polar surface area (TPSA) is 97.3 Å². The Kier molecular flexibility index (Phi) is 6.18. The average molecular weight is 456 g/mol. The van der Waals surface area contributed by atoms with Gasteiger partial charge in [-0.05, 0) is 31.4 Å². The molecule has 1 aliphatic rings. The van der Waals surface area contributed by atoms with Gasteiger partial charge < -0.3 is 9.64 Å². The Morgan fingerprint density at radius 2 is 1.94 bits per heavy atom. The van der Waals surface area contributed by atoms with Crippen molar-refractivity contribution in [2.45, 2.75) is 18.1 Å². The molecule has 0 spiro atoms. The maximum Gasteiger partial charge on any atom is 0.271 e. The van der Waals surface area contributed by atoms with Crippen LogP contribution in [0.2, 0.25) is 0 Å². The lowest BCUT2D eigenvalue weighted by Gasteiger charge is -2.28. The molecule has 1 aliphatic heterocycles. The molecule has 1 saturated heterocycles. The van der Waals surface area contributed by atoms with Crippen LogP contribution in [-0.4, -0.2) is 49.7 Å². The SMILES string of the molecule is Cc1ncc(C#Cc2c(C)ncnc2N2CCOCC2)cc1NS(=O)(=O)c1cccs1. The second-order valence-corrected chi connectivity index (χ2v) is 9.76. The molecule has 0 bridgehead atoms. The Balaban J connectivity index is 1.64. The molecule has 1 fully saturated rings. The number of nitrogens with one attached hydrogen (secondary N) is 1. The first-order valence-corrected chi connectivity index (χ1v) is 12.0. The van der Waals surface area contributed by atoms with E-state index >= 15 is 0 Å². The second-order valence-electron chi connectivity index (χ2n) is 6.90. The van der Waals surface area contributed by atoms with E-state index in [9.17, 15) is 8.42 Å². The van der Waals surface area contributed by atoms with Gasteiger partial charge in [0.15, 0.2) is 0 Å². The van der Waals surface area contributed by atoms with E-state index in [0.29, 0.717) is 30.2 Å². The van der Waals surface area contributed by atoms with Crippen LogP contribution in [0.1, 0.15) is 22.5 Å². The van der Waals surface area contributed by atoms with E-state index in [0.717, 1.165) is 41.5 Å². The monoisotopic (exact) mass is 455 g/mol. The first-order chi connectivity index (χ1) is 14.9. The van der Waals surface area contributed by atoms with Crippen LogP contribution in [0.4, 0.5) is 11.5 Å². The summed E-state index contributed by atoms with van der Waals surface area (Å²) in [6.45, 7) is 6.41. The first-order valence-electron chi connectivity index (χ1n) is 9.63. The van der Waals surface area contributed by atoms with Crippen molar-refractivity contribution in [3.05, 3.63) is 58.6 Å². The van der Waals surface area contributed by atoms with Gasteiger partial charge in [0.1, 0.15) is 16.4 Å². The third-order valence-corrected chi connectivity index (χ3v) is 7.51. The summed E-state index contributed by atoms with van der Waals surface area (Å²) in [4.78, 5) is 15.2. The number of rotatable bonds is 4. The van der Waals surface area contributed by atoms with Gasteiger partial charge >= 0.3 is 0 Å². The van der Waals surface area contributed by atoms with Crippen molar-refractivity contribution in [2.24, 2.45) is 0 Å². The summed E-state index contributed by atoms with van der Waals surface area (Å²) in [5.41, 5.74) is 3.08. The standard InChI is InChI=1S/C21H21N5O3S2/c1-15-18(21(24-14-23-15)26-7-9-29-10-8-26)6-5-17-12-19(16(2)22-13-17)25-31(27,28)20-4-3-11-30-20/h3-4,11-14,25H,7-10H2,1-2H3. The fraction of sp³-hybridized carbons (Fsp3) is 0.286. The molecule has 4 heterocycles. The molecule has 0 unspecified atom stereocenters. The van der Waals surface area contributed by atoms with Gasteiger partial charge in [-0.2, -0.15) is 0 Å². The average Bonchev–Trinajstić information content (AvgIpc) is 3.31. The van der Waals surface area contributed by atoms with Crippen molar-refractivity contribution < 1.29 is 13.2 Å². The Morgan fingerprint density at radius 3 is 2.68 bits per heavy atom. The number of pyridine rings is 1. The Labute approximate surface area is 185 Å². The van der Waals surface area contributed by atoms with Gasteiger partial charge in [-0.1, -0.05) is 17.9 Å². The van der Waals surface area contributed by atoms with Crippen LogP contribution in [0.3, 0.4) is 0 Å². The zero-order chi connectivity index (χ0) is 21.8. The van der Waals surface area contributed by atoms with Crippen molar-refractivity contribution in [3.63, 3.8) is 0 Å². The van der Waals surface area contributed by atoms with Crippen molar-refractivity contribution in [1.29, 1.82) is 0 Å². The summed E-state index contributed by atoms with van der Waals surface area (Å²) in [7, 11) is -3.66. The van der Waals surface area contributed by atoms with Crippen molar-refractivity contribution >= 4 is 32.9 Å². The number of hydrogen-bond acceptors (Lipinski definition) is 8. The number of ether oxygens (including phenoxy) is 1. The van der Waals surface area contributed by atoms with Crippen molar-refractivity contribution in [2.75, 3.05) is 35.9 Å². The zero-order valence-electron chi connectivity index (χ0n) is 17.1. The van der Waals surface area contributed by atoms with Gasteiger partial charge in [0.25, 0.3) is 10.0 Å². The van der Waals surface area contributed by atoms with Gasteiger partial charge in [0.2, 0.25) is 0 Å². The molecule has 160 valence electrons. The highest BCUT2D eigenvalue weighted by atomic mass is 32.2. The molecule has 3 aromatic heterocycles. The lowest BCUT2D eigenvalue weighted by Crippen LogP contribution is -2.37. The van der Waals surface area contributed by atoms with E-state index in [1.807, 2.05) is 6.92 Å². The molecule has 31 heavy (non-hydrogen) atoms. The lowest BCUT2D eigenvalue weighted by atomic mass is 10.1. The summed E-state index contributed by atoms with van der Waals surface area (Å²) < 4.78 is 33.4. The van der Waals surface area contributed by atoms with E-state index in [-0.39, 0.29) is 4.21 Å². The highest BCUT2D eigenvalue weighted by molar-refractivity contribution is 7.94. The minimum atomic E-state index is -3.66. The molecule has 8 nitrogen and oxygen atoms in total. The van der Waals surface area contributed by atoms with Crippen LogP contribution in [0.25, 0.3) is 0 Å². The van der Waals surface area contributed by atoms with E-state index in [4.69, 9.17) is 4.74 Å². The van der Waals surface area contributed by atoms with Crippen molar-refractivity contribution in [3.8, 4) is 11.8 Å². The smallest absolute Gasteiger partial charge is 0.271 e. The van der Waals surface area contributed by atoms with Gasteiger partial charge in [-0.25, -0.2) is 18.4 Å². The summed E-state index contributed by atoms with van der Waals surface area (Å²) in [5, 5.41) is 1.72. The Morgan fingerprint density at radius 1 is 1.13 bits per heavy atom. The maximum atomic E-state index is 12.6. The normalized spacial score (nSPS) is 14.1. The minimum absolute atomic E-state index is 0.246. The third-order valence-electron chi connectivity index (χ3n) is 4.75. The van der Waals surface area contributed by atoms with Gasteiger partial charge in [0, 0.05) is 24.8 Å². The van der Waals surface area contributed by atoms with Crippen molar-refractivity contribution in [1.82, 2.24) is 15.0 Å². The highest BCUT2D eigenvalue weighted by Gasteiger charge is 2.18. The zero-order valence-corrected chi connectivity index (χ0v) is 18.8. The molecule has 0 saturated carbocycles. The Bertz CT molecular complexity index is 1240. The number of aromatic nitrogens is 3. The maximum absolute atomic E-state index is 12.6. The summed E-state index contributed by atoms with van der Waals surface area (Å²) in [6, 6.07) is 4.95. The molecule has 0 aliphatic carbocycles. The molecule has 1 N–H and O–H groups in total. The predicted molar refractivity (Wildman–Crippen MR) is 120 cm³/mol. The molecule has 0 aromatic carbocycles. The molecule has 0 radical (unpaired) electrons. The number of nitrogens with zero attached hydrogens (tertiary/aromatic N) is 4.